The second-order valence-corrected chi connectivity index (χ2v) is 8.36. The zero-order valence-corrected chi connectivity index (χ0v) is 17.0. The van der Waals surface area contributed by atoms with Crippen LogP contribution in [-0.4, -0.2) is 41.5 Å². The molecule has 3 aromatic rings. The van der Waals surface area contributed by atoms with Gasteiger partial charge in [-0.2, -0.15) is 5.10 Å². The Kier molecular flexibility index (Phi) is 4.92. The Hall–Kier alpha value is -2.94. The fraction of sp³-hybridized carbons (Fsp3) is 0.409. The molecule has 4 heterocycles. The van der Waals surface area contributed by atoms with Crippen molar-refractivity contribution < 1.29 is 17.9 Å². The largest absolute Gasteiger partial charge is 0.381 e. The van der Waals surface area contributed by atoms with E-state index in [1.165, 1.54) is 12.1 Å². The molecule has 2 saturated heterocycles. The number of benzene rings is 1. The predicted octanol–water partition coefficient (Wildman–Crippen LogP) is 4.25. The summed E-state index contributed by atoms with van der Waals surface area (Å²) in [5.74, 6) is -0.464. The van der Waals surface area contributed by atoms with Gasteiger partial charge in [0.05, 0.1) is 35.3 Å². The second-order valence-electron chi connectivity index (χ2n) is 8.36. The van der Waals surface area contributed by atoms with Crippen LogP contribution in [0.5, 0.6) is 0 Å². The van der Waals surface area contributed by atoms with E-state index < -0.39 is 17.8 Å². The number of halogens is 3. The fourth-order valence-electron chi connectivity index (χ4n) is 4.38. The standard InChI is InChI=1S/C22H22F3N5O/c1-13-19-17(7-15(9-26-19)30-10-22(11-30)5-6-31-12-22)21(29-28-13)27-8-14-3-2-4-16(18(14)23)20(24)25/h2-4,7,9,20H,5-6,8,10-12H2,1H3,(H,27,29). The minimum Gasteiger partial charge on any atom is -0.381 e. The average molecular weight is 429 g/mol. The Labute approximate surface area is 177 Å². The van der Waals surface area contributed by atoms with Gasteiger partial charge < -0.3 is 15.0 Å². The van der Waals surface area contributed by atoms with E-state index in [2.05, 4.69) is 25.4 Å². The molecule has 1 N–H and O–H groups in total. The van der Waals surface area contributed by atoms with Crippen LogP contribution in [0.15, 0.2) is 30.5 Å². The van der Waals surface area contributed by atoms with Crippen molar-refractivity contribution in [3.8, 4) is 0 Å². The van der Waals surface area contributed by atoms with Crippen LogP contribution in [0, 0.1) is 18.2 Å². The quantitative estimate of drug-likeness (QED) is 0.654. The molecular formula is C22H22F3N5O. The number of aryl methyl sites for hydroxylation is 1. The highest BCUT2D eigenvalue weighted by atomic mass is 19.3. The SMILES string of the molecule is Cc1nnc(NCc2cccc(C(F)F)c2F)c2cc(N3CC4(CCOC4)C3)cnc12. The Balaban J connectivity index is 1.41. The first kappa shape index (κ1) is 20.0. The van der Waals surface area contributed by atoms with Crippen LogP contribution in [0.4, 0.5) is 24.7 Å². The molecule has 1 aromatic carbocycles. The number of fused-ring (bicyclic) bond motifs is 1. The maximum atomic E-state index is 14.4. The molecule has 0 aliphatic carbocycles. The minimum absolute atomic E-state index is 0.00757. The smallest absolute Gasteiger partial charge is 0.266 e. The van der Waals surface area contributed by atoms with Gasteiger partial charge in [0.25, 0.3) is 6.43 Å². The van der Waals surface area contributed by atoms with Crippen LogP contribution in [0.2, 0.25) is 0 Å². The number of aromatic nitrogens is 3. The minimum atomic E-state index is -2.86. The number of nitrogens with one attached hydrogen (secondary N) is 1. The van der Waals surface area contributed by atoms with Gasteiger partial charge in [0.15, 0.2) is 5.82 Å². The predicted molar refractivity (Wildman–Crippen MR) is 111 cm³/mol. The molecule has 0 bridgehead atoms. The highest BCUT2D eigenvalue weighted by Crippen LogP contribution is 2.41. The first-order valence-corrected chi connectivity index (χ1v) is 10.2. The number of anilines is 2. The van der Waals surface area contributed by atoms with E-state index in [-0.39, 0.29) is 17.5 Å². The van der Waals surface area contributed by atoms with Crippen LogP contribution in [0.1, 0.15) is 29.7 Å². The van der Waals surface area contributed by atoms with E-state index in [0.717, 1.165) is 49.9 Å². The van der Waals surface area contributed by atoms with Crippen molar-refractivity contribution in [3.05, 3.63) is 53.1 Å². The molecule has 1 spiro atoms. The summed E-state index contributed by atoms with van der Waals surface area (Å²) in [5, 5.41) is 12.2. The highest BCUT2D eigenvalue weighted by Gasteiger charge is 2.46. The lowest BCUT2D eigenvalue weighted by Crippen LogP contribution is -2.57. The van der Waals surface area contributed by atoms with Gasteiger partial charge in [-0.3, -0.25) is 4.98 Å². The molecule has 0 amide bonds. The van der Waals surface area contributed by atoms with E-state index in [4.69, 9.17) is 4.74 Å². The molecule has 31 heavy (non-hydrogen) atoms. The average Bonchev–Trinajstić information content (AvgIpc) is 3.23. The van der Waals surface area contributed by atoms with Gasteiger partial charge in [-0.15, -0.1) is 5.10 Å². The third-order valence-electron chi connectivity index (χ3n) is 6.16. The summed E-state index contributed by atoms with van der Waals surface area (Å²) in [6.45, 7) is 5.29. The third-order valence-corrected chi connectivity index (χ3v) is 6.16. The van der Waals surface area contributed by atoms with Gasteiger partial charge in [0.1, 0.15) is 5.82 Å². The lowest BCUT2D eigenvalue weighted by atomic mass is 9.79. The van der Waals surface area contributed by atoms with E-state index in [1.54, 1.807) is 0 Å². The molecule has 162 valence electrons. The molecule has 2 aliphatic heterocycles. The summed E-state index contributed by atoms with van der Waals surface area (Å²) in [6.07, 6.45) is 0.0391. The van der Waals surface area contributed by atoms with Crippen LogP contribution in [0.3, 0.4) is 0 Å². The number of ether oxygens (including phenoxy) is 1. The summed E-state index contributed by atoms with van der Waals surface area (Å²) < 4.78 is 45.9. The molecule has 0 radical (unpaired) electrons. The maximum absolute atomic E-state index is 14.4. The summed E-state index contributed by atoms with van der Waals surface area (Å²) in [5.41, 5.74) is 2.14. The normalized spacial score (nSPS) is 17.5. The Morgan fingerprint density at radius 1 is 1.26 bits per heavy atom. The van der Waals surface area contributed by atoms with Gasteiger partial charge >= 0.3 is 0 Å². The van der Waals surface area contributed by atoms with Gasteiger partial charge in [-0.05, 0) is 19.4 Å². The summed E-state index contributed by atoms with van der Waals surface area (Å²) >= 11 is 0. The maximum Gasteiger partial charge on any atom is 0.266 e. The molecular weight excluding hydrogens is 407 g/mol. The summed E-state index contributed by atoms with van der Waals surface area (Å²) in [4.78, 5) is 6.84. The third kappa shape index (κ3) is 3.56. The Morgan fingerprint density at radius 2 is 2.10 bits per heavy atom. The molecule has 9 heteroatoms. The molecule has 0 atom stereocenters. The van der Waals surface area contributed by atoms with Gasteiger partial charge in [0, 0.05) is 42.6 Å². The topological polar surface area (TPSA) is 63.2 Å². The van der Waals surface area contributed by atoms with Crippen molar-refractivity contribution in [1.82, 2.24) is 15.2 Å². The van der Waals surface area contributed by atoms with Crippen molar-refractivity contribution in [1.29, 1.82) is 0 Å². The number of hydrogen-bond acceptors (Lipinski definition) is 6. The number of nitrogens with zero attached hydrogens (tertiary/aromatic N) is 4. The van der Waals surface area contributed by atoms with Crippen LogP contribution in [-0.2, 0) is 11.3 Å². The van der Waals surface area contributed by atoms with Crippen molar-refractivity contribution in [2.45, 2.75) is 26.3 Å². The molecule has 2 fully saturated rings. The van der Waals surface area contributed by atoms with E-state index in [0.29, 0.717) is 17.0 Å². The lowest BCUT2D eigenvalue weighted by molar-refractivity contribution is 0.131. The lowest BCUT2D eigenvalue weighted by Gasteiger charge is -2.48. The Bertz CT molecular complexity index is 1130. The zero-order valence-electron chi connectivity index (χ0n) is 17.0. The second kappa shape index (κ2) is 7.64. The first-order valence-electron chi connectivity index (χ1n) is 10.2. The number of alkyl halides is 2. The van der Waals surface area contributed by atoms with Gasteiger partial charge in [-0.25, -0.2) is 13.2 Å². The summed E-state index contributed by atoms with van der Waals surface area (Å²) in [7, 11) is 0. The molecule has 5 rings (SSSR count). The van der Waals surface area contributed by atoms with Crippen LogP contribution in [0.25, 0.3) is 10.9 Å². The van der Waals surface area contributed by atoms with Gasteiger partial charge in [0.2, 0.25) is 0 Å². The molecule has 2 aromatic heterocycles. The number of hydrogen-bond donors (Lipinski definition) is 1. The van der Waals surface area contributed by atoms with Crippen LogP contribution < -0.4 is 10.2 Å². The number of rotatable bonds is 5. The van der Waals surface area contributed by atoms with E-state index in [9.17, 15) is 13.2 Å². The van der Waals surface area contributed by atoms with Crippen molar-refractivity contribution >= 4 is 22.4 Å². The fourth-order valence-corrected chi connectivity index (χ4v) is 4.38. The summed E-state index contributed by atoms with van der Waals surface area (Å²) in [6, 6.07) is 5.99. The van der Waals surface area contributed by atoms with Gasteiger partial charge in [-0.1, -0.05) is 18.2 Å². The molecule has 0 unspecified atom stereocenters. The van der Waals surface area contributed by atoms with E-state index >= 15 is 0 Å². The highest BCUT2D eigenvalue weighted by molar-refractivity contribution is 5.92. The molecule has 2 aliphatic rings. The van der Waals surface area contributed by atoms with Crippen molar-refractivity contribution in [2.75, 3.05) is 36.5 Å². The van der Waals surface area contributed by atoms with Crippen molar-refractivity contribution in [2.24, 2.45) is 5.41 Å². The number of pyridine rings is 1. The van der Waals surface area contributed by atoms with Crippen molar-refractivity contribution in [3.63, 3.8) is 0 Å². The molecule has 0 saturated carbocycles. The molecule has 6 nitrogen and oxygen atoms in total. The first-order chi connectivity index (χ1) is 15.0. The van der Waals surface area contributed by atoms with Crippen LogP contribution >= 0.6 is 0 Å². The Morgan fingerprint density at radius 3 is 2.84 bits per heavy atom. The zero-order chi connectivity index (χ0) is 21.6. The van der Waals surface area contributed by atoms with E-state index in [1.807, 2.05) is 19.2 Å². The monoisotopic (exact) mass is 429 g/mol.